The monoisotopic (exact) mass is 418 g/mol. The minimum Gasteiger partial charge on any atom is -0.281 e. The Balaban J connectivity index is 1.71. The van der Waals surface area contributed by atoms with Gasteiger partial charge in [-0.25, -0.2) is 4.98 Å². The number of carbonyl (C=O) groups is 1. The molecule has 29 heavy (non-hydrogen) atoms. The van der Waals surface area contributed by atoms with E-state index < -0.39 is 0 Å². The van der Waals surface area contributed by atoms with E-state index >= 15 is 0 Å². The van der Waals surface area contributed by atoms with Crippen LogP contribution >= 0.6 is 23.1 Å². The van der Waals surface area contributed by atoms with Gasteiger partial charge < -0.3 is 0 Å². The number of benzene rings is 2. The summed E-state index contributed by atoms with van der Waals surface area (Å²) >= 11 is 2.62. The Kier molecular flexibility index (Phi) is 4.81. The summed E-state index contributed by atoms with van der Waals surface area (Å²) in [5.41, 5.74) is 2.40. The number of aromatic nitrogens is 2. The number of thiophene rings is 1. The second-order valence-corrected chi connectivity index (χ2v) is 9.04. The average Bonchev–Trinajstić information content (AvgIpc) is 3.13. The smallest absolute Gasteiger partial charge is 0.267 e. The molecule has 0 N–H and O–H groups in total. The summed E-state index contributed by atoms with van der Waals surface area (Å²) in [6, 6.07) is 18.6. The van der Waals surface area contributed by atoms with Crippen molar-refractivity contribution in [2.24, 2.45) is 0 Å². The molecule has 0 aliphatic heterocycles. The van der Waals surface area contributed by atoms with Gasteiger partial charge in [-0.3, -0.25) is 14.2 Å². The van der Waals surface area contributed by atoms with Crippen molar-refractivity contribution in [3.63, 3.8) is 0 Å². The van der Waals surface area contributed by atoms with E-state index in [4.69, 9.17) is 4.98 Å². The fraction of sp³-hybridized carbons (Fsp3) is 0.174. The first-order chi connectivity index (χ1) is 14.2. The lowest BCUT2D eigenvalue weighted by Gasteiger charge is -2.13. The molecule has 0 amide bonds. The highest BCUT2D eigenvalue weighted by molar-refractivity contribution is 8.14. The molecule has 2 aromatic carbocycles. The third kappa shape index (κ3) is 3.32. The van der Waals surface area contributed by atoms with Crippen LogP contribution in [0.1, 0.15) is 33.6 Å². The highest BCUT2D eigenvalue weighted by Crippen LogP contribution is 2.35. The SMILES string of the molecule is O=C(Sc1nc2sc3c(c2c(=O)n1-c1ccccc1)CCCC3)c1ccccc1. The first kappa shape index (κ1) is 18.3. The molecule has 5 rings (SSSR count). The number of nitrogens with zero attached hydrogens (tertiary/aromatic N) is 2. The van der Waals surface area contributed by atoms with Crippen molar-refractivity contribution in [3.05, 3.63) is 87.0 Å². The number of rotatable bonds is 3. The number of hydrogen-bond donors (Lipinski definition) is 0. The molecule has 0 fully saturated rings. The van der Waals surface area contributed by atoms with Crippen LogP contribution in [0.4, 0.5) is 0 Å². The Hall–Kier alpha value is -2.70. The van der Waals surface area contributed by atoms with Crippen LogP contribution in [-0.4, -0.2) is 14.7 Å². The van der Waals surface area contributed by atoms with Crippen LogP contribution in [0.2, 0.25) is 0 Å². The lowest BCUT2D eigenvalue weighted by molar-refractivity contribution is 0.108. The van der Waals surface area contributed by atoms with Gasteiger partial charge in [-0.05, 0) is 55.1 Å². The molecular formula is C23H18N2O2S2. The van der Waals surface area contributed by atoms with Gasteiger partial charge in [0.05, 0.1) is 11.1 Å². The summed E-state index contributed by atoms with van der Waals surface area (Å²) in [7, 11) is 0. The summed E-state index contributed by atoms with van der Waals surface area (Å²) in [6.07, 6.45) is 4.19. The van der Waals surface area contributed by atoms with Crippen molar-refractivity contribution in [2.45, 2.75) is 30.8 Å². The fourth-order valence-electron chi connectivity index (χ4n) is 3.78. The van der Waals surface area contributed by atoms with Gasteiger partial charge in [0.15, 0.2) is 5.16 Å². The highest BCUT2D eigenvalue weighted by atomic mass is 32.2. The Morgan fingerprint density at radius 3 is 2.41 bits per heavy atom. The summed E-state index contributed by atoms with van der Waals surface area (Å²) in [6.45, 7) is 0. The van der Waals surface area contributed by atoms with E-state index in [1.807, 2.05) is 48.5 Å². The number of para-hydroxylation sites is 1. The van der Waals surface area contributed by atoms with Gasteiger partial charge in [-0.15, -0.1) is 11.3 Å². The quantitative estimate of drug-likeness (QED) is 0.336. The molecule has 2 heterocycles. The number of hydrogen-bond acceptors (Lipinski definition) is 5. The fourth-order valence-corrected chi connectivity index (χ4v) is 5.92. The molecule has 0 radical (unpaired) electrons. The standard InChI is InChI=1S/C23H18N2O2S2/c26-21-19-17-13-7-8-14-18(17)28-20(19)24-23(25(21)16-11-5-2-6-12-16)29-22(27)15-9-3-1-4-10-15/h1-6,9-12H,7-8,13-14H2. The van der Waals surface area contributed by atoms with Crippen molar-refractivity contribution in [1.82, 2.24) is 9.55 Å². The van der Waals surface area contributed by atoms with E-state index in [0.29, 0.717) is 10.7 Å². The summed E-state index contributed by atoms with van der Waals surface area (Å²) < 4.78 is 1.59. The predicted octanol–water partition coefficient (Wildman–Crippen LogP) is 5.26. The molecule has 1 aliphatic rings. The average molecular weight is 419 g/mol. The Bertz CT molecular complexity index is 1260. The Morgan fingerprint density at radius 1 is 0.966 bits per heavy atom. The number of carbonyl (C=O) groups excluding carboxylic acids is 1. The second kappa shape index (κ2) is 7.61. The van der Waals surface area contributed by atoms with Crippen molar-refractivity contribution in [2.75, 3.05) is 0 Å². The minimum absolute atomic E-state index is 0.0797. The van der Waals surface area contributed by atoms with E-state index in [1.54, 1.807) is 28.0 Å². The molecule has 0 saturated heterocycles. The van der Waals surface area contributed by atoms with Crippen LogP contribution in [0.3, 0.4) is 0 Å². The van der Waals surface area contributed by atoms with E-state index in [0.717, 1.165) is 58.9 Å². The molecular weight excluding hydrogens is 400 g/mol. The third-order valence-electron chi connectivity index (χ3n) is 5.17. The topological polar surface area (TPSA) is 52.0 Å². The van der Waals surface area contributed by atoms with Crippen molar-refractivity contribution >= 4 is 38.4 Å². The third-order valence-corrected chi connectivity index (χ3v) is 7.23. The molecule has 4 aromatic rings. The Morgan fingerprint density at radius 2 is 1.66 bits per heavy atom. The predicted molar refractivity (Wildman–Crippen MR) is 118 cm³/mol. The lowest BCUT2D eigenvalue weighted by atomic mass is 9.97. The number of thioether (sulfide) groups is 1. The van der Waals surface area contributed by atoms with Crippen LogP contribution < -0.4 is 5.56 Å². The van der Waals surface area contributed by atoms with E-state index in [1.165, 1.54) is 4.88 Å². The van der Waals surface area contributed by atoms with Gasteiger partial charge in [0, 0.05) is 10.4 Å². The molecule has 4 nitrogen and oxygen atoms in total. The van der Waals surface area contributed by atoms with Crippen molar-refractivity contribution in [1.29, 1.82) is 0 Å². The molecule has 6 heteroatoms. The van der Waals surface area contributed by atoms with Gasteiger partial charge in [-0.2, -0.15) is 0 Å². The van der Waals surface area contributed by atoms with Crippen LogP contribution in [0.15, 0.2) is 70.6 Å². The normalized spacial score (nSPS) is 13.4. The maximum absolute atomic E-state index is 13.6. The largest absolute Gasteiger partial charge is 0.281 e. The van der Waals surface area contributed by atoms with Gasteiger partial charge in [0.2, 0.25) is 5.12 Å². The molecule has 1 aliphatic carbocycles. The second-order valence-electron chi connectivity index (χ2n) is 7.02. The van der Waals surface area contributed by atoms with E-state index in [9.17, 15) is 9.59 Å². The van der Waals surface area contributed by atoms with E-state index in [-0.39, 0.29) is 10.7 Å². The molecule has 0 unspecified atom stereocenters. The molecule has 144 valence electrons. The zero-order valence-corrected chi connectivity index (χ0v) is 17.3. The molecule has 2 aromatic heterocycles. The molecule has 0 bridgehead atoms. The van der Waals surface area contributed by atoms with Crippen molar-refractivity contribution < 1.29 is 4.79 Å². The minimum atomic E-state index is -0.122. The van der Waals surface area contributed by atoms with Gasteiger partial charge in [0.1, 0.15) is 4.83 Å². The number of fused-ring (bicyclic) bond motifs is 3. The highest BCUT2D eigenvalue weighted by Gasteiger charge is 2.24. The van der Waals surface area contributed by atoms with Crippen LogP contribution in [0, 0.1) is 0 Å². The summed E-state index contributed by atoms with van der Waals surface area (Å²) in [4.78, 5) is 33.3. The van der Waals surface area contributed by atoms with Crippen LogP contribution in [0.25, 0.3) is 15.9 Å². The van der Waals surface area contributed by atoms with Gasteiger partial charge >= 0.3 is 0 Å². The molecule has 0 saturated carbocycles. The lowest BCUT2D eigenvalue weighted by Crippen LogP contribution is -2.22. The van der Waals surface area contributed by atoms with Crippen molar-refractivity contribution in [3.8, 4) is 5.69 Å². The Labute approximate surface area is 176 Å². The van der Waals surface area contributed by atoms with E-state index in [2.05, 4.69) is 0 Å². The maximum atomic E-state index is 13.6. The summed E-state index contributed by atoms with van der Waals surface area (Å²) in [5, 5.41) is 1.02. The van der Waals surface area contributed by atoms with Crippen LogP contribution in [0.5, 0.6) is 0 Å². The van der Waals surface area contributed by atoms with Gasteiger partial charge in [0.25, 0.3) is 5.56 Å². The first-order valence-corrected chi connectivity index (χ1v) is 11.3. The molecule has 0 spiro atoms. The number of aryl methyl sites for hydroxylation is 2. The zero-order valence-electron chi connectivity index (χ0n) is 15.6. The zero-order chi connectivity index (χ0) is 19.8. The van der Waals surface area contributed by atoms with Gasteiger partial charge in [-0.1, -0.05) is 48.5 Å². The maximum Gasteiger partial charge on any atom is 0.267 e. The summed E-state index contributed by atoms with van der Waals surface area (Å²) in [5.74, 6) is 0. The molecule has 0 atom stereocenters. The first-order valence-electron chi connectivity index (χ1n) is 9.62. The van der Waals surface area contributed by atoms with Crippen LogP contribution in [-0.2, 0) is 12.8 Å².